The molecule has 4 nitrogen and oxygen atoms in total. The van der Waals surface area contributed by atoms with Gasteiger partial charge in [0.2, 0.25) is 0 Å². The average molecular weight is 408 g/mol. The highest BCUT2D eigenvalue weighted by molar-refractivity contribution is 9.10. The van der Waals surface area contributed by atoms with Crippen LogP contribution in [0.1, 0.15) is 23.1 Å². The summed E-state index contributed by atoms with van der Waals surface area (Å²) in [6, 6.07) is 11.4. The van der Waals surface area contributed by atoms with Crippen molar-refractivity contribution in [1.82, 2.24) is 5.32 Å². The van der Waals surface area contributed by atoms with Gasteiger partial charge in [-0.1, -0.05) is 34.1 Å². The van der Waals surface area contributed by atoms with Gasteiger partial charge in [0.25, 0.3) is 12.3 Å². The highest BCUT2D eigenvalue weighted by Gasteiger charge is 2.28. The molecule has 0 fully saturated rings. The van der Waals surface area contributed by atoms with Crippen molar-refractivity contribution in [3.8, 4) is 0 Å². The van der Waals surface area contributed by atoms with E-state index in [1.165, 1.54) is 12.1 Å². The number of nitrogens with two attached hydrogens (primary N) is 1. The van der Waals surface area contributed by atoms with Crippen LogP contribution in [0.15, 0.2) is 46.9 Å². The summed E-state index contributed by atoms with van der Waals surface area (Å²) in [6.07, 6.45) is -2.58. The van der Waals surface area contributed by atoms with Crippen LogP contribution in [0.25, 0.3) is 11.3 Å². The Bertz CT molecular complexity index is 852. The van der Waals surface area contributed by atoms with Crippen molar-refractivity contribution in [3.63, 3.8) is 0 Å². The zero-order valence-corrected chi connectivity index (χ0v) is 14.7. The summed E-state index contributed by atoms with van der Waals surface area (Å²) in [7, 11) is 0. The maximum Gasteiger partial charge on any atom is 0.263 e. The molecule has 1 amide bonds. The zero-order chi connectivity index (χ0) is 18.0. The smallest absolute Gasteiger partial charge is 0.263 e. The molecule has 0 unspecified atom stereocenters. The van der Waals surface area contributed by atoms with Crippen LogP contribution in [0.3, 0.4) is 0 Å². The fraction of sp³-hybridized carbons (Fsp3) is 0.167. The van der Waals surface area contributed by atoms with Gasteiger partial charge in [0.15, 0.2) is 0 Å². The number of hydrogen-bond acceptors (Lipinski definition) is 3. The quantitative estimate of drug-likeness (QED) is 0.661. The van der Waals surface area contributed by atoms with Gasteiger partial charge < -0.3 is 16.4 Å². The number of carbonyl (C=O) groups excluding carboxylic acids is 1. The standard InChI is InChI=1S/C18H16BrF2N3O/c19-12-4-5-14-13(9-12)15(18(25)24-14)16(23-7-6-22)10-2-1-3-11(8-10)17(20)21/h1-5,8-9,17,23H,6-7,22H2,(H,24,25)/b16-15-. The second-order valence-corrected chi connectivity index (χ2v) is 6.45. The van der Waals surface area contributed by atoms with Crippen molar-refractivity contribution in [1.29, 1.82) is 0 Å². The highest BCUT2D eigenvalue weighted by atomic mass is 79.9. The molecule has 0 spiro atoms. The third-order valence-electron chi connectivity index (χ3n) is 3.85. The Morgan fingerprint density at radius 1 is 1.24 bits per heavy atom. The first-order chi connectivity index (χ1) is 12.0. The van der Waals surface area contributed by atoms with Gasteiger partial charge in [-0.15, -0.1) is 0 Å². The van der Waals surface area contributed by atoms with Gasteiger partial charge in [-0.3, -0.25) is 4.79 Å². The van der Waals surface area contributed by atoms with E-state index < -0.39 is 6.43 Å². The van der Waals surface area contributed by atoms with Crippen molar-refractivity contribution in [2.24, 2.45) is 5.73 Å². The lowest BCUT2D eigenvalue weighted by Crippen LogP contribution is -2.23. The third kappa shape index (κ3) is 3.57. The van der Waals surface area contributed by atoms with E-state index in [0.29, 0.717) is 41.2 Å². The van der Waals surface area contributed by atoms with Gasteiger partial charge in [-0.05, 0) is 29.8 Å². The molecule has 0 aromatic heterocycles. The van der Waals surface area contributed by atoms with Crippen molar-refractivity contribution >= 4 is 38.8 Å². The van der Waals surface area contributed by atoms with E-state index in [4.69, 9.17) is 5.73 Å². The topological polar surface area (TPSA) is 67.1 Å². The number of nitrogens with one attached hydrogen (secondary N) is 2. The molecule has 1 heterocycles. The lowest BCUT2D eigenvalue weighted by Gasteiger charge is -2.15. The molecule has 2 aromatic rings. The van der Waals surface area contributed by atoms with E-state index in [1.54, 1.807) is 18.2 Å². The Morgan fingerprint density at radius 3 is 2.76 bits per heavy atom. The maximum atomic E-state index is 13.1. The van der Waals surface area contributed by atoms with Crippen molar-refractivity contribution in [2.45, 2.75) is 6.43 Å². The van der Waals surface area contributed by atoms with E-state index in [0.717, 1.165) is 4.47 Å². The number of anilines is 1. The molecule has 0 saturated heterocycles. The average Bonchev–Trinajstić information content (AvgIpc) is 2.91. The van der Waals surface area contributed by atoms with Gasteiger partial charge in [0.1, 0.15) is 0 Å². The Morgan fingerprint density at radius 2 is 2.04 bits per heavy atom. The zero-order valence-electron chi connectivity index (χ0n) is 13.2. The molecular formula is C18H16BrF2N3O. The summed E-state index contributed by atoms with van der Waals surface area (Å²) in [5.41, 5.74) is 8.28. The number of carbonyl (C=O) groups is 1. The minimum Gasteiger partial charge on any atom is -0.383 e. The lowest BCUT2D eigenvalue weighted by molar-refractivity contribution is -0.110. The van der Waals surface area contributed by atoms with E-state index in [2.05, 4.69) is 26.6 Å². The summed E-state index contributed by atoms with van der Waals surface area (Å²) >= 11 is 3.40. The van der Waals surface area contributed by atoms with Crippen molar-refractivity contribution < 1.29 is 13.6 Å². The summed E-state index contributed by atoms with van der Waals surface area (Å²) in [4.78, 5) is 12.5. The SMILES string of the molecule is NCCN/C(=C1\C(=O)Nc2ccc(Br)cc21)c1cccc(C(F)F)c1. The molecule has 4 N–H and O–H groups in total. The van der Waals surface area contributed by atoms with Crippen LogP contribution < -0.4 is 16.4 Å². The second kappa shape index (κ2) is 7.33. The van der Waals surface area contributed by atoms with E-state index in [9.17, 15) is 13.6 Å². The van der Waals surface area contributed by atoms with Crippen molar-refractivity contribution in [3.05, 3.63) is 63.6 Å². The maximum absolute atomic E-state index is 13.1. The monoisotopic (exact) mass is 407 g/mol. The number of hydrogen-bond donors (Lipinski definition) is 3. The molecule has 0 radical (unpaired) electrons. The van der Waals surface area contributed by atoms with E-state index in [1.807, 2.05) is 12.1 Å². The van der Waals surface area contributed by atoms with Crippen molar-refractivity contribution in [2.75, 3.05) is 18.4 Å². The molecule has 0 saturated carbocycles. The Kier molecular flexibility index (Phi) is 5.15. The summed E-state index contributed by atoms with van der Waals surface area (Å²) in [5, 5.41) is 5.92. The predicted molar refractivity (Wildman–Crippen MR) is 98.0 cm³/mol. The lowest BCUT2D eigenvalue weighted by atomic mass is 9.99. The molecule has 1 aliphatic rings. The molecule has 0 atom stereocenters. The number of benzene rings is 2. The number of fused-ring (bicyclic) bond motifs is 1. The molecule has 7 heteroatoms. The van der Waals surface area contributed by atoms with Crippen LogP contribution in [0.2, 0.25) is 0 Å². The fourth-order valence-corrected chi connectivity index (χ4v) is 3.11. The summed E-state index contributed by atoms with van der Waals surface area (Å²) < 4.78 is 27.0. The highest BCUT2D eigenvalue weighted by Crippen LogP contribution is 2.38. The molecule has 130 valence electrons. The minimum atomic E-state index is -2.58. The number of amides is 1. The first kappa shape index (κ1) is 17.6. The van der Waals surface area contributed by atoms with Crippen LogP contribution in [0.5, 0.6) is 0 Å². The molecule has 25 heavy (non-hydrogen) atoms. The molecule has 3 rings (SSSR count). The number of alkyl halides is 2. The van der Waals surface area contributed by atoms with E-state index >= 15 is 0 Å². The third-order valence-corrected chi connectivity index (χ3v) is 4.34. The first-order valence-corrected chi connectivity index (χ1v) is 8.48. The van der Waals surface area contributed by atoms with Gasteiger partial charge in [-0.2, -0.15) is 0 Å². The second-order valence-electron chi connectivity index (χ2n) is 5.54. The number of halogens is 3. The van der Waals surface area contributed by atoms with Crippen LogP contribution in [0, 0.1) is 0 Å². The van der Waals surface area contributed by atoms with Crippen LogP contribution in [-0.2, 0) is 4.79 Å². The normalized spacial score (nSPS) is 15.2. The minimum absolute atomic E-state index is 0.0991. The Balaban J connectivity index is 2.19. The van der Waals surface area contributed by atoms with E-state index in [-0.39, 0.29) is 11.5 Å². The van der Waals surface area contributed by atoms with Gasteiger partial charge in [0, 0.05) is 34.4 Å². The van der Waals surface area contributed by atoms with Gasteiger partial charge in [0.05, 0.1) is 11.3 Å². The molecular weight excluding hydrogens is 392 g/mol. The summed E-state index contributed by atoms with van der Waals surface area (Å²) in [6.45, 7) is 0.757. The Labute approximate surface area is 152 Å². The molecule has 2 aromatic carbocycles. The van der Waals surface area contributed by atoms with Crippen LogP contribution in [0.4, 0.5) is 14.5 Å². The largest absolute Gasteiger partial charge is 0.383 e. The molecule has 0 aliphatic carbocycles. The van der Waals surface area contributed by atoms with Gasteiger partial charge in [-0.25, -0.2) is 8.78 Å². The summed E-state index contributed by atoms with van der Waals surface area (Å²) in [5.74, 6) is -0.282. The van der Waals surface area contributed by atoms with Crippen LogP contribution >= 0.6 is 15.9 Å². The van der Waals surface area contributed by atoms with Crippen LogP contribution in [-0.4, -0.2) is 19.0 Å². The Hall–Kier alpha value is -2.25. The first-order valence-electron chi connectivity index (χ1n) is 7.69. The number of rotatable bonds is 5. The van der Waals surface area contributed by atoms with Gasteiger partial charge >= 0.3 is 0 Å². The predicted octanol–water partition coefficient (Wildman–Crippen LogP) is 3.76. The fourth-order valence-electron chi connectivity index (χ4n) is 2.75. The molecule has 1 aliphatic heterocycles. The molecule has 0 bridgehead atoms.